The largest absolute Gasteiger partial charge is 0.475 e. The zero-order valence-corrected chi connectivity index (χ0v) is 11.3. The lowest BCUT2D eigenvalue weighted by atomic mass is 10.1. The first-order valence-electron chi connectivity index (χ1n) is 5.84. The van der Waals surface area contributed by atoms with Crippen molar-refractivity contribution in [1.29, 1.82) is 0 Å². The van der Waals surface area contributed by atoms with Crippen molar-refractivity contribution in [3.8, 4) is 0 Å². The number of benzene rings is 2. The molecule has 90 valence electrons. The van der Waals surface area contributed by atoms with E-state index in [-0.39, 0.29) is 6.04 Å². The molecule has 0 unspecified atom stereocenters. The molecule has 2 aromatic carbocycles. The molecule has 0 amide bonds. The highest BCUT2D eigenvalue weighted by molar-refractivity contribution is 9.10. The van der Waals surface area contributed by atoms with Gasteiger partial charge in [0.05, 0.1) is 0 Å². The van der Waals surface area contributed by atoms with E-state index in [4.69, 9.17) is 4.74 Å². The van der Waals surface area contributed by atoms with Crippen LogP contribution in [0.25, 0.3) is 0 Å². The van der Waals surface area contributed by atoms with Crippen molar-refractivity contribution >= 4 is 21.8 Å². The van der Waals surface area contributed by atoms with Crippen molar-refractivity contribution < 1.29 is 4.74 Å². The van der Waals surface area contributed by atoms with Crippen LogP contribution in [0.15, 0.2) is 64.1 Å². The van der Waals surface area contributed by atoms with E-state index in [1.807, 2.05) is 42.5 Å². The van der Waals surface area contributed by atoms with Crippen LogP contribution in [0.5, 0.6) is 0 Å². The zero-order valence-electron chi connectivity index (χ0n) is 9.71. The van der Waals surface area contributed by atoms with Crippen LogP contribution in [-0.4, -0.2) is 12.5 Å². The third-order valence-electron chi connectivity index (χ3n) is 2.93. The first-order chi connectivity index (χ1) is 8.83. The van der Waals surface area contributed by atoms with Crippen LogP contribution in [0, 0.1) is 0 Å². The molecular formula is C15H12BrNO. The molecule has 0 radical (unpaired) electrons. The lowest BCUT2D eigenvalue weighted by Crippen LogP contribution is -2.00. The fourth-order valence-corrected chi connectivity index (χ4v) is 2.23. The number of halogens is 1. The summed E-state index contributed by atoms with van der Waals surface area (Å²) in [5.41, 5.74) is 2.22. The number of hydrogen-bond acceptors (Lipinski definition) is 2. The summed E-state index contributed by atoms with van der Waals surface area (Å²) in [5, 5.41) is 0. The Balaban J connectivity index is 1.85. The van der Waals surface area contributed by atoms with E-state index in [2.05, 4.69) is 33.1 Å². The monoisotopic (exact) mass is 301 g/mol. The van der Waals surface area contributed by atoms with E-state index >= 15 is 0 Å². The zero-order chi connectivity index (χ0) is 12.4. The third-order valence-corrected chi connectivity index (χ3v) is 3.46. The lowest BCUT2D eigenvalue weighted by molar-refractivity contribution is 0.320. The van der Waals surface area contributed by atoms with Gasteiger partial charge >= 0.3 is 0 Å². The molecule has 0 fully saturated rings. The van der Waals surface area contributed by atoms with E-state index in [0.717, 1.165) is 15.9 Å². The van der Waals surface area contributed by atoms with Crippen LogP contribution in [0.4, 0.5) is 0 Å². The van der Waals surface area contributed by atoms with E-state index in [0.29, 0.717) is 6.61 Å². The van der Waals surface area contributed by atoms with Gasteiger partial charge in [-0.25, -0.2) is 4.99 Å². The maximum Gasteiger partial charge on any atom is 0.216 e. The normalized spacial score (nSPS) is 18.3. The number of ether oxygens (including phenoxy) is 1. The summed E-state index contributed by atoms with van der Waals surface area (Å²) in [6, 6.07) is 18.3. The van der Waals surface area contributed by atoms with Gasteiger partial charge in [-0.3, -0.25) is 0 Å². The number of aliphatic imine (C=N–C) groups is 1. The van der Waals surface area contributed by atoms with Gasteiger partial charge in [-0.15, -0.1) is 0 Å². The van der Waals surface area contributed by atoms with Crippen molar-refractivity contribution in [3.05, 3.63) is 70.2 Å². The van der Waals surface area contributed by atoms with Crippen LogP contribution >= 0.6 is 15.9 Å². The highest BCUT2D eigenvalue weighted by Crippen LogP contribution is 2.26. The van der Waals surface area contributed by atoms with Crippen LogP contribution in [0.3, 0.4) is 0 Å². The van der Waals surface area contributed by atoms with Crippen molar-refractivity contribution in [2.45, 2.75) is 6.04 Å². The van der Waals surface area contributed by atoms with Crippen molar-refractivity contribution in [3.63, 3.8) is 0 Å². The van der Waals surface area contributed by atoms with E-state index in [9.17, 15) is 0 Å². The molecule has 18 heavy (non-hydrogen) atoms. The number of nitrogens with zero attached hydrogens (tertiary/aromatic N) is 1. The third kappa shape index (κ3) is 2.31. The van der Waals surface area contributed by atoms with E-state index < -0.39 is 0 Å². The van der Waals surface area contributed by atoms with Gasteiger partial charge in [0.2, 0.25) is 5.90 Å². The maximum absolute atomic E-state index is 5.67. The molecular weight excluding hydrogens is 290 g/mol. The predicted molar refractivity (Wildman–Crippen MR) is 75.8 cm³/mol. The fraction of sp³-hybridized carbons (Fsp3) is 0.133. The molecule has 0 saturated carbocycles. The minimum absolute atomic E-state index is 0.105. The Labute approximate surface area is 114 Å². The van der Waals surface area contributed by atoms with E-state index in [1.54, 1.807) is 0 Å². The fourth-order valence-electron chi connectivity index (χ4n) is 1.97. The average Bonchev–Trinajstić information content (AvgIpc) is 2.90. The van der Waals surface area contributed by atoms with Gasteiger partial charge in [0, 0.05) is 10.0 Å². The molecule has 2 aromatic rings. The molecule has 3 rings (SSSR count). The van der Waals surface area contributed by atoms with Crippen LogP contribution in [0.1, 0.15) is 17.2 Å². The first kappa shape index (κ1) is 11.5. The van der Waals surface area contributed by atoms with Gasteiger partial charge in [-0.1, -0.05) is 46.3 Å². The Bertz CT molecular complexity index is 563. The Kier molecular flexibility index (Phi) is 3.15. The van der Waals surface area contributed by atoms with E-state index in [1.165, 1.54) is 5.56 Å². The first-order valence-corrected chi connectivity index (χ1v) is 6.64. The Morgan fingerprint density at radius 3 is 2.44 bits per heavy atom. The van der Waals surface area contributed by atoms with Gasteiger partial charge in [0.15, 0.2) is 0 Å². The molecule has 0 spiro atoms. The quantitative estimate of drug-likeness (QED) is 0.822. The smallest absolute Gasteiger partial charge is 0.216 e. The minimum atomic E-state index is 0.105. The van der Waals surface area contributed by atoms with Gasteiger partial charge in [0.1, 0.15) is 12.6 Å². The topological polar surface area (TPSA) is 21.6 Å². The molecule has 1 aliphatic rings. The predicted octanol–water partition coefficient (Wildman–Crippen LogP) is 3.97. The second-order valence-corrected chi connectivity index (χ2v) is 5.09. The molecule has 1 atom stereocenters. The van der Waals surface area contributed by atoms with Crippen LogP contribution in [0.2, 0.25) is 0 Å². The van der Waals surface area contributed by atoms with Gasteiger partial charge in [-0.2, -0.15) is 0 Å². The molecule has 0 aliphatic carbocycles. The van der Waals surface area contributed by atoms with Gasteiger partial charge in [-0.05, 0) is 29.8 Å². The second-order valence-electron chi connectivity index (χ2n) is 4.18. The average molecular weight is 302 g/mol. The summed E-state index contributed by atoms with van der Waals surface area (Å²) >= 11 is 3.44. The van der Waals surface area contributed by atoms with Gasteiger partial charge in [0.25, 0.3) is 0 Å². The molecule has 0 aromatic heterocycles. The second kappa shape index (κ2) is 4.94. The highest BCUT2D eigenvalue weighted by Gasteiger charge is 2.21. The van der Waals surface area contributed by atoms with Crippen molar-refractivity contribution in [1.82, 2.24) is 0 Å². The maximum atomic E-state index is 5.67. The number of rotatable bonds is 2. The SMILES string of the molecule is Brc1ccc([C@@H]2COC(c3ccccc3)=N2)cc1. The summed E-state index contributed by atoms with van der Waals surface area (Å²) in [6.07, 6.45) is 0. The summed E-state index contributed by atoms with van der Waals surface area (Å²) < 4.78 is 6.76. The molecule has 1 aliphatic heterocycles. The summed E-state index contributed by atoms with van der Waals surface area (Å²) in [7, 11) is 0. The standard InChI is InChI=1S/C15H12BrNO/c16-13-8-6-11(7-9-13)14-10-18-15(17-14)12-4-2-1-3-5-12/h1-9,14H,10H2/t14-/m0/s1. The summed E-state index contributed by atoms with van der Waals surface area (Å²) in [4.78, 5) is 4.64. The van der Waals surface area contributed by atoms with Gasteiger partial charge < -0.3 is 4.74 Å². The molecule has 0 N–H and O–H groups in total. The van der Waals surface area contributed by atoms with Crippen LogP contribution in [-0.2, 0) is 4.74 Å². The Morgan fingerprint density at radius 2 is 1.72 bits per heavy atom. The summed E-state index contributed by atoms with van der Waals surface area (Å²) in [6.45, 7) is 0.617. The molecule has 2 nitrogen and oxygen atoms in total. The lowest BCUT2D eigenvalue weighted by Gasteiger charge is -2.04. The van der Waals surface area contributed by atoms with Crippen molar-refractivity contribution in [2.75, 3.05) is 6.61 Å². The Hall–Kier alpha value is -1.61. The van der Waals surface area contributed by atoms with Crippen LogP contribution < -0.4 is 0 Å². The molecule has 1 heterocycles. The minimum Gasteiger partial charge on any atom is -0.475 e. The Morgan fingerprint density at radius 1 is 1.00 bits per heavy atom. The molecule has 3 heteroatoms. The summed E-state index contributed by atoms with van der Waals surface area (Å²) in [5.74, 6) is 0.739. The highest BCUT2D eigenvalue weighted by atomic mass is 79.9. The molecule has 0 saturated heterocycles. The molecule has 0 bridgehead atoms. The number of hydrogen-bond donors (Lipinski definition) is 0. The van der Waals surface area contributed by atoms with Crippen molar-refractivity contribution in [2.24, 2.45) is 4.99 Å².